The quantitative estimate of drug-likeness (QED) is 0.406. The topological polar surface area (TPSA) is 83.1 Å². The van der Waals surface area contributed by atoms with Crippen LogP contribution in [0.4, 0.5) is 18.9 Å². The molecule has 2 fully saturated rings. The second kappa shape index (κ2) is 12.4. The Morgan fingerprint density at radius 2 is 1.84 bits per heavy atom. The molecule has 0 amide bonds. The number of nitrogens with zero attached hydrogens (tertiary/aromatic N) is 1. The molecule has 3 atom stereocenters. The number of nitrogens with one attached hydrogen (secondary N) is 2. The van der Waals surface area contributed by atoms with Gasteiger partial charge in [0.2, 0.25) is 0 Å². The van der Waals surface area contributed by atoms with Gasteiger partial charge < -0.3 is 30.1 Å². The van der Waals surface area contributed by atoms with E-state index in [4.69, 9.17) is 43.2 Å². The summed E-state index contributed by atoms with van der Waals surface area (Å²) in [5.41, 5.74) is 2.38. The monoisotopic (exact) mass is 573 g/mol. The number of anilines is 1. The zero-order valence-corrected chi connectivity index (χ0v) is 22.8. The van der Waals surface area contributed by atoms with E-state index in [0.717, 1.165) is 49.4 Å². The summed E-state index contributed by atoms with van der Waals surface area (Å²) in [6.07, 6.45) is -0.714. The minimum absolute atomic E-state index is 0.133. The molecule has 2 aromatic rings. The highest BCUT2D eigenvalue weighted by Crippen LogP contribution is 2.49. The molecule has 4 rings (SSSR count). The lowest BCUT2D eigenvalue weighted by Gasteiger charge is -2.45. The van der Waals surface area contributed by atoms with Crippen LogP contribution in [0.1, 0.15) is 31.2 Å². The average Bonchev–Trinajstić information content (AvgIpc) is 3.20. The standard InChI is InChI=1S/C24H30ClN3O2S.C2HF3O2/c1-28-12-11-24(16-7-8-20(29-2)21(13-16)30-3)10-9-19(15-22(24)28)27-23(31)26-18-6-4-5-17(25)14-18;3-2(4,5)1(6)7/h4-8,13-14,19,22H,9-12,15H2,1-3H3,(H2,26,27,31);(H,6,7)/t19-,22+,24+;/m1./s1. The number of fused-ring (bicyclic) bond motifs is 1. The number of methoxy groups -OCH3 is 2. The lowest BCUT2D eigenvalue weighted by molar-refractivity contribution is -0.192. The molecule has 0 spiro atoms. The van der Waals surface area contributed by atoms with Crippen molar-refractivity contribution in [3.05, 3.63) is 53.1 Å². The number of benzene rings is 2. The van der Waals surface area contributed by atoms with Crippen molar-refractivity contribution in [2.24, 2.45) is 0 Å². The number of carbonyl (C=O) groups is 1. The normalized spacial score (nSPS) is 22.9. The molecule has 7 nitrogen and oxygen atoms in total. The average molecular weight is 574 g/mol. The Bertz CT molecular complexity index is 1150. The van der Waals surface area contributed by atoms with Gasteiger partial charge in [0.05, 0.1) is 14.2 Å². The summed E-state index contributed by atoms with van der Waals surface area (Å²) < 4.78 is 42.8. The second-order valence-corrected chi connectivity index (χ2v) is 10.2. The van der Waals surface area contributed by atoms with E-state index in [0.29, 0.717) is 22.2 Å². The Labute approximate surface area is 230 Å². The summed E-state index contributed by atoms with van der Waals surface area (Å²) in [6.45, 7) is 1.09. The van der Waals surface area contributed by atoms with Gasteiger partial charge in [-0.15, -0.1) is 0 Å². The van der Waals surface area contributed by atoms with Crippen molar-refractivity contribution in [3.8, 4) is 11.5 Å². The molecule has 0 aromatic heterocycles. The Morgan fingerprint density at radius 3 is 2.45 bits per heavy atom. The van der Waals surface area contributed by atoms with Crippen LogP contribution in [0.5, 0.6) is 11.5 Å². The van der Waals surface area contributed by atoms with Crippen molar-refractivity contribution in [3.63, 3.8) is 0 Å². The first-order valence-corrected chi connectivity index (χ1v) is 12.7. The van der Waals surface area contributed by atoms with Gasteiger partial charge in [0.1, 0.15) is 0 Å². The van der Waals surface area contributed by atoms with Gasteiger partial charge in [0.15, 0.2) is 16.6 Å². The largest absolute Gasteiger partial charge is 0.493 e. The molecule has 208 valence electrons. The molecular weight excluding hydrogens is 543 g/mol. The first-order chi connectivity index (χ1) is 17.9. The molecule has 38 heavy (non-hydrogen) atoms. The number of halogens is 4. The van der Waals surface area contributed by atoms with E-state index in [1.165, 1.54) is 5.56 Å². The summed E-state index contributed by atoms with van der Waals surface area (Å²) in [7, 11) is 5.61. The first kappa shape index (κ1) is 29.8. The Kier molecular flexibility index (Phi) is 9.72. The molecular formula is C26H31ClF3N3O4S. The fraction of sp³-hybridized carbons (Fsp3) is 0.462. The van der Waals surface area contributed by atoms with E-state index in [-0.39, 0.29) is 5.41 Å². The number of hydrogen-bond acceptors (Lipinski definition) is 5. The maximum Gasteiger partial charge on any atom is 0.490 e. The Hall–Kier alpha value is -2.76. The smallest absolute Gasteiger partial charge is 0.490 e. The maximum atomic E-state index is 10.6. The van der Waals surface area contributed by atoms with E-state index in [2.05, 4.69) is 34.7 Å². The molecule has 3 N–H and O–H groups in total. The number of likely N-dealkylation sites (N-methyl/N-ethyl adjacent to an activating group) is 1. The predicted molar refractivity (Wildman–Crippen MR) is 144 cm³/mol. The molecule has 2 aromatic carbocycles. The van der Waals surface area contributed by atoms with Gasteiger partial charge in [-0.3, -0.25) is 0 Å². The van der Waals surface area contributed by atoms with Crippen molar-refractivity contribution < 1.29 is 32.5 Å². The van der Waals surface area contributed by atoms with Crippen LogP contribution in [0.2, 0.25) is 5.02 Å². The fourth-order valence-corrected chi connectivity index (χ4v) is 5.79. The van der Waals surface area contributed by atoms with Crippen LogP contribution >= 0.6 is 23.8 Å². The lowest BCUT2D eigenvalue weighted by Crippen LogP contribution is -2.52. The van der Waals surface area contributed by atoms with Gasteiger partial charge >= 0.3 is 12.1 Å². The van der Waals surface area contributed by atoms with Gasteiger partial charge in [0, 0.05) is 28.2 Å². The molecule has 1 saturated carbocycles. The lowest BCUT2D eigenvalue weighted by atomic mass is 9.65. The summed E-state index contributed by atoms with van der Waals surface area (Å²) >= 11 is 11.7. The summed E-state index contributed by atoms with van der Waals surface area (Å²) in [4.78, 5) is 11.4. The van der Waals surface area contributed by atoms with Gasteiger partial charge in [-0.25, -0.2) is 4.79 Å². The van der Waals surface area contributed by atoms with Crippen molar-refractivity contribution in [1.82, 2.24) is 10.2 Å². The van der Waals surface area contributed by atoms with E-state index in [1.807, 2.05) is 30.3 Å². The number of thiocarbonyl (C=S) groups is 1. The third kappa shape index (κ3) is 7.00. The minimum Gasteiger partial charge on any atom is -0.493 e. The van der Waals surface area contributed by atoms with Crippen molar-refractivity contribution >= 4 is 40.6 Å². The van der Waals surface area contributed by atoms with Crippen LogP contribution in [0, 0.1) is 0 Å². The van der Waals surface area contributed by atoms with E-state index >= 15 is 0 Å². The highest BCUT2D eigenvalue weighted by atomic mass is 35.5. The maximum absolute atomic E-state index is 10.6. The SMILES string of the molecule is COc1ccc([C@@]23CC[C@@H](NC(=S)Nc4cccc(Cl)c4)C[C@@H]2N(C)CC3)cc1OC.O=C(O)C(F)(F)F. The van der Waals surface area contributed by atoms with E-state index in [1.54, 1.807) is 14.2 Å². The number of hydrogen-bond donors (Lipinski definition) is 3. The molecule has 1 aliphatic carbocycles. The van der Waals surface area contributed by atoms with Gasteiger partial charge in [-0.2, -0.15) is 13.2 Å². The van der Waals surface area contributed by atoms with Gasteiger partial charge in [-0.05, 0) is 87.4 Å². The van der Waals surface area contributed by atoms with Crippen LogP contribution in [0.15, 0.2) is 42.5 Å². The number of likely N-dealkylation sites (tertiary alicyclic amines) is 1. The summed E-state index contributed by atoms with van der Waals surface area (Å²) in [5, 5.41) is 15.3. The van der Waals surface area contributed by atoms with Crippen LogP contribution in [-0.2, 0) is 10.2 Å². The fourth-order valence-electron chi connectivity index (χ4n) is 5.31. The molecule has 12 heteroatoms. The van der Waals surface area contributed by atoms with E-state index < -0.39 is 12.1 Å². The molecule has 2 aliphatic rings. The van der Waals surface area contributed by atoms with Crippen molar-refractivity contribution in [2.45, 2.75) is 49.4 Å². The molecule has 1 aliphatic heterocycles. The van der Waals surface area contributed by atoms with Crippen LogP contribution in [0.25, 0.3) is 0 Å². The van der Waals surface area contributed by atoms with Crippen molar-refractivity contribution in [1.29, 1.82) is 0 Å². The number of rotatable bonds is 5. The number of ether oxygens (including phenoxy) is 2. The van der Waals surface area contributed by atoms with Gasteiger partial charge in [-0.1, -0.05) is 23.7 Å². The molecule has 0 unspecified atom stereocenters. The highest BCUT2D eigenvalue weighted by molar-refractivity contribution is 7.80. The van der Waals surface area contributed by atoms with Crippen molar-refractivity contribution in [2.75, 3.05) is 33.1 Å². The molecule has 0 bridgehead atoms. The third-order valence-electron chi connectivity index (χ3n) is 7.15. The number of carboxylic acid groups (broad SMARTS) is 1. The van der Waals surface area contributed by atoms with Crippen LogP contribution in [-0.4, -0.2) is 67.2 Å². The number of aliphatic carboxylic acids is 1. The van der Waals surface area contributed by atoms with Gasteiger partial charge in [0.25, 0.3) is 0 Å². The third-order valence-corrected chi connectivity index (χ3v) is 7.60. The summed E-state index contributed by atoms with van der Waals surface area (Å²) in [6, 6.07) is 14.8. The number of carboxylic acids is 1. The second-order valence-electron chi connectivity index (χ2n) is 9.36. The molecule has 0 radical (unpaired) electrons. The van der Waals surface area contributed by atoms with E-state index in [9.17, 15) is 13.2 Å². The van der Waals surface area contributed by atoms with Crippen LogP contribution < -0.4 is 20.1 Å². The molecule has 1 saturated heterocycles. The zero-order valence-electron chi connectivity index (χ0n) is 21.3. The minimum atomic E-state index is -5.08. The molecule has 1 heterocycles. The number of alkyl halides is 3. The Balaban J connectivity index is 0.000000505. The predicted octanol–water partition coefficient (Wildman–Crippen LogP) is 5.47. The van der Waals surface area contributed by atoms with Crippen LogP contribution in [0.3, 0.4) is 0 Å². The zero-order chi connectivity index (χ0) is 28.1. The highest BCUT2D eigenvalue weighted by Gasteiger charge is 2.50. The summed E-state index contributed by atoms with van der Waals surface area (Å²) in [5.74, 6) is -1.18. The Morgan fingerprint density at radius 1 is 1.16 bits per heavy atom. The first-order valence-electron chi connectivity index (χ1n) is 12.0.